The van der Waals surface area contributed by atoms with Gasteiger partial charge in [-0.05, 0) is 79.8 Å². The fourth-order valence-electron chi connectivity index (χ4n) is 5.51. The largest absolute Gasteiger partial charge is 0.310 e. The monoisotopic (exact) mass is 588 g/mol. The van der Waals surface area contributed by atoms with Gasteiger partial charge in [0.25, 0.3) is 0 Å². The molecule has 0 bridgehead atoms. The van der Waals surface area contributed by atoms with Crippen LogP contribution in [0.5, 0.6) is 0 Å². The quantitative estimate of drug-likeness (QED) is 0.187. The summed E-state index contributed by atoms with van der Waals surface area (Å²) in [7, 11) is 0. The van der Waals surface area contributed by atoms with Crippen molar-refractivity contribution in [3.63, 3.8) is 0 Å². The molecule has 0 aliphatic heterocycles. The fraction of sp³-hybridized carbons (Fsp3) is 0. The van der Waals surface area contributed by atoms with Crippen molar-refractivity contribution < 1.29 is 20.6 Å². The van der Waals surface area contributed by atoms with Gasteiger partial charge in [0, 0.05) is 16.8 Å². The molecular weight excluding hydrogens is 542 g/mol. The highest BCUT2D eigenvalue weighted by Crippen LogP contribution is 2.42. The number of hydrogen-bond donors (Lipinski definition) is 0. The van der Waals surface area contributed by atoms with Gasteiger partial charge in [0.15, 0.2) is 0 Å². The molecule has 0 saturated heterocycles. The summed E-state index contributed by atoms with van der Waals surface area (Å²) in [5.41, 5.74) is 0.245. The lowest BCUT2D eigenvalue weighted by Crippen LogP contribution is -2.10. The van der Waals surface area contributed by atoms with Gasteiger partial charge in [-0.3, -0.25) is 0 Å². The summed E-state index contributed by atoms with van der Waals surface area (Å²) in [6.07, 6.45) is 0. The molecule has 0 heterocycles. The molecule has 8 aromatic rings. The minimum Gasteiger partial charge on any atom is -0.310 e. The number of nitrogens with zero attached hydrogens (tertiary/aromatic N) is 1. The number of hydrogen-bond acceptors (Lipinski definition) is 1. The second kappa shape index (κ2) is 11.6. The van der Waals surface area contributed by atoms with Gasteiger partial charge in [0.1, 0.15) is 0 Å². The van der Waals surface area contributed by atoms with Crippen LogP contribution in [-0.2, 0) is 0 Å². The minimum atomic E-state index is -0.805. The van der Waals surface area contributed by atoms with E-state index < -0.39 is 124 Å². The molecule has 212 valence electrons. The molecule has 0 fully saturated rings. The maximum atomic E-state index is 9.64. The molecule has 0 radical (unpaired) electrons. The van der Waals surface area contributed by atoms with Crippen LogP contribution in [0, 0.1) is 0 Å². The Morgan fingerprint density at radius 1 is 0.400 bits per heavy atom. The molecule has 8 rings (SSSR count). The van der Waals surface area contributed by atoms with Gasteiger partial charge in [-0.2, -0.15) is 0 Å². The first-order valence-corrected chi connectivity index (χ1v) is 14.2. The van der Waals surface area contributed by atoms with E-state index in [0.717, 1.165) is 21.9 Å². The Morgan fingerprint density at radius 3 is 1.98 bits per heavy atom. The third kappa shape index (κ3) is 5.05. The molecule has 0 aromatic heterocycles. The molecule has 0 N–H and O–H groups in total. The summed E-state index contributed by atoms with van der Waals surface area (Å²) in [6.45, 7) is 0. The third-order valence-corrected chi connectivity index (χ3v) is 7.55. The van der Waals surface area contributed by atoms with Gasteiger partial charge >= 0.3 is 0 Å². The normalized spacial score (nSPS) is 15.8. The number of fused-ring (bicyclic) bond motifs is 2. The third-order valence-electron chi connectivity index (χ3n) is 7.55. The van der Waals surface area contributed by atoms with E-state index in [0.29, 0.717) is 11.4 Å². The van der Waals surface area contributed by atoms with Crippen LogP contribution < -0.4 is 4.90 Å². The van der Waals surface area contributed by atoms with E-state index in [1.165, 1.54) is 0 Å². The van der Waals surface area contributed by atoms with Crippen LogP contribution in [0.15, 0.2) is 188 Å². The van der Waals surface area contributed by atoms with Gasteiger partial charge < -0.3 is 4.90 Å². The molecule has 45 heavy (non-hydrogen) atoms. The van der Waals surface area contributed by atoms with Gasteiger partial charge in [0.2, 0.25) is 0 Å². The first kappa shape index (κ1) is 15.2. The van der Waals surface area contributed by atoms with Crippen molar-refractivity contribution in [1.29, 1.82) is 0 Å². The van der Waals surface area contributed by atoms with E-state index in [1.54, 1.807) is 17.0 Å². The predicted molar refractivity (Wildman–Crippen MR) is 192 cm³/mol. The molecule has 8 aromatic carbocycles. The minimum absolute atomic E-state index is 0.181. The zero-order valence-electron chi connectivity index (χ0n) is 38.7. The second-order valence-electron chi connectivity index (χ2n) is 10.2. The molecular formula is C44H31N. The van der Waals surface area contributed by atoms with Crippen molar-refractivity contribution in [2.24, 2.45) is 0 Å². The molecule has 0 aliphatic carbocycles. The lowest BCUT2D eigenvalue weighted by atomic mass is 9.90. The molecule has 0 spiro atoms. The lowest BCUT2D eigenvalue weighted by Gasteiger charge is -2.27. The highest BCUT2D eigenvalue weighted by atomic mass is 15.1. The predicted octanol–water partition coefficient (Wildman–Crippen LogP) is 12.5. The van der Waals surface area contributed by atoms with E-state index in [9.17, 15) is 6.85 Å². The Hall–Kier alpha value is -5.92. The van der Waals surface area contributed by atoms with Gasteiger partial charge in [-0.15, -0.1) is 0 Å². The number of benzene rings is 8. The van der Waals surface area contributed by atoms with Crippen LogP contribution in [0.4, 0.5) is 17.1 Å². The molecule has 0 saturated carbocycles. The summed E-state index contributed by atoms with van der Waals surface area (Å²) in [5, 5.41) is 0.595. The smallest absolute Gasteiger partial charge is 0.0645 e. The van der Waals surface area contributed by atoms with Crippen molar-refractivity contribution in [3.8, 4) is 33.4 Å². The van der Waals surface area contributed by atoms with Crippen LogP contribution in [0.3, 0.4) is 0 Å². The summed E-state index contributed by atoms with van der Waals surface area (Å²) in [5.74, 6) is 0. The van der Waals surface area contributed by atoms with Crippen LogP contribution in [0.1, 0.15) is 20.6 Å². The summed E-state index contributed by atoms with van der Waals surface area (Å²) >= 11 is 0. The Morgan fingerprint density at radius 2 is 1.11 bits per heavy atom. The first-order valence-electron chi connectivity index (χ1n) is 21.7. The standard InChI is InChI=1S/C44H31N/c1-3-13-32(14-4-1)37-20-11-21-39(31-37)45(43-24-12-19-33-15-7-9-22-40(33)43)38-28-25-35(26-29-38)42-30-27-34-16-8-10-23-41(34)44(42)36-17-5-2-6-18-36/h1-31H/i2D,5D,6D,8D,10D,16D,17D,18D,23D,25D,26D,27D,28D,29D,30D. The van der Waals surface area contributed by atoms with Crippen molar-refractivity contribution in [3.05, 3.63) is 188 Å². The lowest BCUT2D eigenvalue weighted by molar-refractivity contribution is 1.30. The fourth-order valence-corrected chi connectivity index (χ4v) is 5.51. The van der Waals surface area contributed by atoms with Crippen LogP contribution >= 0.6 is 0 Å². The molecule has 1 nitrogen and oxygen atoms in total. The van der Waals surface area contributed by atoms with Crippen LogP contribution in [-0.4, -0.2) is 0 Å². The second-order valence-corrected chi connectivity index (χ2v) is 10.2. The zero-order valence-corrected chi connectivity index (χ0v) is 23.7. The van der Waals surface area contributed by atoms with E-state index in [4.69, 9.17) is 13.7 Å². The van der Waals surface area contributed by atoms with E-state index in [-0.39, 0.29) is 5.69 Å². The Bertz CT molecular complexity index is 3050. The topological polar surface area (TPSA) is 3.24 Å². The van der Waals surface area contributed by atoms with Crippen molar-refractivity contribution in [2.45, 2.75) is 0 Å². The van der Waals surface area contributed by atoms with Gasteiger partial charge in [-0.25, -0.2) is 0 Å². The van der Waals surface area contributed by atoms with E-state index in [2.05, 4.69) is 0 Å². The summed E-state index contributed by atoms with van der Waals surface area (Å²) in [4.78, 5) is 1.62. The highest BCUT2D eigenvalue weighted by Gasteiger charge is 2.17. The maximum absolute atomic E-state index is 9.64. The molecule has 1 heteroatoms. The molecule has 0 atom stereocenters. The van der Waals surface area contributed by atoms with Gasteiger partial charge in [0.05, 0.1) is 26.2 Å². The molecule has 0 unspecified atom stereocenters. The molecule has 0 amide bonds. The average Bonchev–Trinajstić information content (AvgIpc) is 3.26. The van der Waals surface area contributed by atoms with Crippen LogP contribution in [0.25, 0.3) is 54.9 Å². The number of anilines is 3. The highest BCUT2D eigenvalue weighted by molar-refractivity contribution is 6.04. The Balaban J connectivity index is 1.52. The zero-order chi connectivity index (χ0) is 43.1. The van der Waals surface area contributed by atoms with Crippen LogP contribution in [0.2, 0.25) is 0 Å². The summed E-state index contributed by atoms with van der Waals surface area (Å²) < 4.78 is 134. The SMILES string of the molecule is [2H]c1c([2H])c([2H])c(-c2c(-c3c([2H])c([2H])c(N(c4cccc(-c5ccccc5)c4)c4cccc5ccccc45)c([2H])c3[2H])c([2H])c([2H])c3c([2H])c([2H])c([2H])c([2H])c23)c([2H])c1[2H]. The van der Waals surface area contributed by atoms with E-state index in [1.807, 2.05) is 84.9 Å². The Kier molecular flexibility index (Phi) is 3.93. The average molecular weight is 589 g/mol. The molecule has 0 aliphatic rings. The Labute approximate surface area is 285 Å². The first-order chi connectivity index (χ1) is 28.6. The summed E-state index contributed by atoms with van der Waals surface area (Å²) in [6, 6.07) is 18.8. The van der Waals surface area contributed by atoms with E-state index >= 15 is 0 Å². The van der Waals surface area contributed by atoms with Crippen molar-refractivity contribution >= 4 is 38.6 Å². The maximum Gasteiger partial charge on any atom is 0.0645 e. The van der Waals surface area contributed by atoms with Gasteiger partial charge in [-0.1, -0.05) is 157 Å². The number of rotatable bonds is 6. The van der Waals surface area contributed by atoms with Crippen molar-refractivity contribution in [2.75, 3.05) is 4.90 Å². The van der Waals surface area contributed by atoms with Crippen molar-refractivity contribution in [1.82, 2.24) is 0 Å².